The molecule has 3 rings (SSSR count). The molecule has 8 heteroatoms. The summed E-state index contributed by atoms with van der Waals surface area (Å²) < 4.78 is 23.2. The maximum atomic E-state index is 12.9. The fourth-order valence-electron chi connectivity index (χ4n) is 2.08. The lowest BCUT2D eigenvalue weighted by atomic mass is 10.2. The molecular formula is C18H12ClFN2O4. The van der Waals surface area contributed by atoms with Gasteiger partial charge in [0, 0.05) is 11.8 Å². The van der Waals surface area contributed by atoms with E-state index in [1.165, 1.54) is 36.5 Å². The molecular weight excluding hydrogens is 363 g/mol. The van der Waals surface area contributed by atoms with Crippen LogP contribution >= 0.6 is 11.6 Å². The van der Waals surface area contributed by atoms with E-state index in [9.17, 15) is 14.0 Å². The summed E-state index contributed by atoms with van der Waals surface area (Å²) in [4.78, 5) is 27.6. The van der Waals surface area contributed by atoms with E-state index in [1.807, 2.05) is 0 Å². The van der Waals surface area contributed by atoms with Gasteiger partial charge in [0.2, 0.25) is 5.76 Å². The lowest BCUT2D eigenvalue weighted by molar-refractivity contribution is -0.119. The zero-order valence-corrected chi connectivity index (χ0v) is 14.0. The molecule has 0 aliphatic rings. The Kier molecular flexibility index (Phi) is 5.28. The number of anilines is 1. The lowest BCUT2D eigenvalue weighted by Gasteiger charge is -2.06. The highest BCUT2D eigenvalue weighted by Crippen LogP contribution is 2.23. The number of halogens is 2. The van der Waals surface area contributed by atoms with Crippen LogP contribution in [-0.4, -0.2) is 23.5 Å². The number of benzene rings is 1. The van der Waals surface area contributed by atoms with Gasteiger partial charge in [0.1, 0.15) is 11.6 Å². The van der Waals surface area contributed by atoms with E-state index in [-0.39, 0.29) is 16.7 Å². The Morgan fingerprint density at radius 3 is 2.65 bits per heavy atom. The summed E-state index contributed by atoms with van der Waals surface area (Å²) in [6.07, 6.45) is 1.48. The van der Waals surface area contributed by atoms with Crippen molar-refractivity contribution >= 4 is 29.2 Å². The topological polar surface area (TPSA) is 81.4 Å². The number of hydrogen-bond donors (Lipinski definition) is 1. The van der Waals surface area contributed by atoms with Gasteiger partial charge in [-0.2, -0.15) is 0 Å². The minimum atomic E-state index is -0.800. The van der Waals surface area contributed by atoms with Crippen LogP contribution in [-0.2, 0) is 9.53 Å². The maximum absolute atomic E-state index is 12.9. The third-order valence-corrected chi connectivity index (χ3v) is 3.60. The SMILES string of the molecule is O=C(COC(=O)c1ccc(-c2ccc(F)cc2)o1)Nc1cccnc1Cl. The number of esters is 1. The standard InChI is InChI=1S/C18H12ClFN2O4/c19-17-13(2-1-9-21-17)22-16(23)10-25-18(24)15-8-7-14(26-15)11-3-5-12(20)6-4-11/h1-9H,10H2,(H,22,23). The van der Waals surface area contributed by atoms with Crippen molar-refractivity contribution in [2.24, 2.45) is 0 Å². The molecule has 132 valence electrons. The van der Waals surface area contributed by atoms with Crippen LogP contribution in [0.3, 0.4) is 0 Å². The predicted molar refractivity (Wildman–Crippen MR) is 92.3 cm³/mol. The zero-order chi connectivity index (χ0) is 18.5. The Hall–Kier alpha value is -3.19. The van der Waals surface area contributed by atoms with Crippen LogP contribution in [0.4, 0.5) is 10.1 Å². The van der Waals surface area contributed by atoms with E-state index in [2.05, 4.69) is 10.3 Å². The summed E-state index contributed by atoms with van der Waals surface area (Å²) in [6, 6.07) is 11.7. The Morgan fingerprint density at radius 2 is 1.92 bits per heavy atom. The summed E-state index contributed by atoms with van der Waals surface area (Å²) in [5.74, 6) is -1.44. The van der Waals surface area contributed by atoms with Crippen molar-refractivity contribution in [3.63, 3.8) is 0 Å². The van der Waals surface area contributed by atoms with Crippen LogP contribution in [0.5, 0.6) is 0 Å². The van der Waals surface area contributed by atoms with Crippen LogP contribution in [0, 0.1) is 5.82 Å². The second kappa shape index (κ2) is 7.79. The lowest BCUT2D eigenvalue weighted by Crippen LogP contribution is -2.21. The van der Waals surface area contributed by atoms with Crippen LogP contribution in [0.1, 0.15) is 10.6 Å². The maximum Gasteiger partial charge on any atom is 0.374 e. The molecule has 0 unspecified atom stereocenters. The molecule has 1 N–H and O–H groups in total. The molecule has 0 fully saturated rings. The number of pyridine rings is 1. The van der Waals surface area contributed by atoms with Crippen LogP contribution in [0.25, 0.3) is 11.3 Å². The van der Waals surface area contributed by atoms with Crippen LogP contribution in [0.2, 0.25) is 5.15 Å². The number of furan rings is 1. The van der Waals surface area contributed by atoms with Crippen molar-refractivity contribution in [3.8, 4) is 11.3 Å². The molecule has 0 spiro atoms. The number of amides is 1. The van der Waals surface area contributed by atoms with Crippen molar-refractivity contribution in [1.82, 2.24) is 4.98 Å². The van der Waals surface area contributed by atoms with Gasteiger partial charge in [-0.25, -0.2) is 14.2 Å². The summed E-state index contributed by atoms with van der Waals surface area (Å²) >= 11 is 5.83. The normalized spacial score (nSPS) is 10.4. The van der Waals surface area contributed by atoms with Crippen molar-refractivity contribution in [1.29, 1.82) is 0 Å². The van der Waals surface area contributed by atoms with Gasteiger partial charge in [0.25, 0.3) is 5.91 Å². The van der Waals surface area contributed by atoms with Crippen molar-refractivity contribution in [2.75, 3.05) is 11.9 Å². The summed E-state index contributed by atoms with van der Waals surface area (Å²) in [7, 11) is 0. The molecule has 2 heterocycles. The summed E-state index contributed by atoms with van der Waals surface area (Å²) in [5.41, 5.74) is 0.918. The smallest absolute Gasteiger partial charge is 0.374 e. The molecule has 0 saturated carbocycles. The first-order chi connectivity index (χ1) is 12.5. The van der Waals surface area contributed by atoms with Gasteiger partial charge in [-0.1, -0.05) is 11.6 Å². The van der Waals surface area contributed by atoms with Crippen molar-refractivity contribution in [3.05, 3.63) is 71.5 Å². The average molecular weight is 375 g/mol. The first-order valence-electron chi connectivity index (χ1n) is 7.46. The van der Waals surface area contributed by atoms with E-state index in [0.717, 1.165) is 0 Å². The monoisotopic (exact) mass is 374 g/mol. The average Bonchev–Trinajstić information content (AvgIpc) is 3.12. The molecule has 6 nitrogen and oxygen atoms in total. The minimum absolute atomic E-state index is 0.0727. The van der Waals surface area contributed by atoms with E-state index >= 15 is 0 Å². The highest BCUT2D eigenvalue weighted by Gasteiger charge is 2.16. The second-order valence-electron chi connectivity index (χ2n) is 5.14. The first kappa shape index (κ1) is 17.6. The number of nitrogens with one attached hydrogen (secondary N) is 1. The third kappa shape index (κ3) is 4.25. The highest BCUT2D eigenvalue weighted by molar-refractivity contribution is 6.32. The molecule has 0 bridgehead atoms. The second-order valence-corrected chi connectivity index (χ2v) is 5.49. The van der Waals surface area contributed by atoms with Gasteiger partial charge in [0.05, 0.1) is 5.69 Å². The Bertz CT molecular complexity index is 940. The Balaban J connectivity index is 1.58. The first-order valence-corrected chi connectivity index (χ1v) is 7.84. The Morgan fingerprint density at radius 1 is 1.15 bits per heavy atom. The van der Waals surface area contributed by atoms with Gasteiger partial charge in [-0.05, 0) is 48.5 Å². The number of carbonyl (C=O) groups excluding carboxylic acids is 2. The molecule has 0 aliphatic carbocycles. The third-order valence-electron chi connectivity index (χ3n) is 3.30. The summed E-state index contributed by atoms with van der Waals surface area (Å²) in [6.45, 7) is -0.517. The number of ether oxygens (including phenoxy) is 1. The van der Waals surface area contributed by atoms with Crippen LogP contribution < -0.4 is 5.32 Å². The fraction of sp³-hybridized carbons (Fsp3) is 0.0556. The summed E-state index contributed by atoms with van der Waals surface area (Å²) in [5, 5.41) is 2.60. The quantitative estimate of drug-likeness (QED) is 0.540. The number of hydrogen-bond acceptors (Lipinski definition) is 5. The van der Waals surface area contributed by atoms with Gasteiger partial charge in [-0.3, -0.25) is 4.79 Å². The number of aromatic nitrogens is 1. The molecule has 0 radical (unpaired) electrons. The van der Waals surface area contributed by atoms with Crippen molar-refractivity contribution < 1.29 is 23.1 Å². The van der Waals surface area contributed by atoms with E-state index in [4.69, 9.17) is 20.8 Å². The number of rotatable bonds is 5. The molecule has 26 heavy (non-hydrogen) atoms. The molecule has 0 atom stereocenters. The minimum Gasteiger partial charge on any atom is -0.450 e. The van der Waals surface area contributed by atoms with E-state index in [1.54, 1.807) is 18.2 Å². The van der Waals surface area contributed by atoms with Gasteiger partial charge < -0.3 is 14.5 Å². The van der Waals surface area contributed by atoms with Crippen molar-refractivity contribution in [2.45, 2.75) is 0 Å². The molecule has 1 amide bonds. The predicted octanol–water partition coefficient (Wildman–Crippen LogP) is 3.93. The fourth-order valence-corrected chi connectivity index (χ4v) is 2.25. The molecule has 0 aliphatic heterocycles. The molecule has 3 aromatic rings. The number of nitrogens with zero attached hydrogens (tertiary/aromatic N) is 1. The Labute approximate surface area is 152 Å². The van der Waals surface area contributed by atoms with Gasteiger partial charge in [-0.15, -0.1) is 0 Å². The molecule has 1 aromatic carbocycles. The van der Waals surface area contributed by atoms with Crippen LogP contribution in [0.15, 0.2) is 59.1 Å². The number of carbonyl (C=O) groups is 2. The van der Waals surface area contributed by atoms with Gasteiger partial charge in [0.15, 0.2) is 11.8 Å². The van der Waals surface area contributed by atoms with Gasteiger partial charge >= 0.3 is 5.97 Å². The zero-order valence-electron chi connectivity index (χ0n) is 13.2. The molecule has 0 saturated heterocycles. The largest absolute Gasteiger partial charge is 0.450 e. The van der Waals surface area contributed by atoms with E-state index < -0.39 is 18.5 Å². The highest BCUT2D eigenvalue weighted by atomic mass is 35.5. The van der Waals surface area contributed by atoms with E-state index in [0.29, 0.717) is 17.0 Å². The molecule has 2 aromatic heterocycles.